The van der Waals surface area contributed by atoms with Gasteiger partial charge in [0.05, 0.1) is 17.8 Å². The number of pyridine rings is 1. The van der Waals surface area contributed by atoms with Crippen LogP contribution in [0.25, 0.3) is 0 Å². The molecular weight excluding hydrogens is 677 g/mol. The molecule has 0 bridgehead atoms. The highest BCUT2D eigenvalue weighted by Gasteiger charge is 2.17. The van der Waals surface area contributed by atoms with Crippen molar-refractivity contribution in [2.45, 2.75) is 9.79 Å². The number of aromatic nitrogens is 4. The van der Waals surface area contributed by atoms with Crippen LogP contribution in [0, 0.1) is 0 Å². The maximum absolute atomic E-state index is 11.7. The Balaban J connectivity index is 1.81. The number of hydrogen-bond donors (Lipinski definition) is 8. The number of nitrogen functional groups attached to an aromatic ring is 1. The van der Waals surface area contributed by atoms with Crippen molar-refractivity contribution in [1.82, 2.24) is 19.9 Å². The van der Waals surface area contributed by atoms with Crippen LogP contribution in [0.2, 0.25) is 0 Å². The number of benzene rings is 1. The molecule has 0 fully saturated rings. The van der Waals surface area contributed by atoms with Crippen LogP contribution >= 0.6 is 24.1 Å². The number of hydrogen-bond acceptors (Lipinski definition) is 22. The number of nitrogens with one attached hydrogen (secondary N) is 3. The Morgan fingerprint density at radius 2 is 1.50 bits per heavy atom. The van der Waals surface area contributed by atoms with Crippen molar-refractivity contribution in [2.24, 2.45) is 10.2 Å². The van der Waals surface area contributed by atoms with Crippen LogP contribution in [0.4, 0.5) is 40.9 Å². The SMILES string of the molecule is Nc1nc(Nc2nc(NCCSOOO)nc(NCCS(=O)(=O)O)n2)ccc1N=Nc1cc(SOOO)ccc1S(=O)(=O)O. The van der Waals surface area contributed by atoms with E-state index in [1.807, 2.05) is 0 Å². The molecule has 26 heteroatoms. The van der Waals surface area contributed by atoms with Gasteiger partial charge in [-0.05, 0) is 30.3 Å². The minimum absolute atomic E-state index is 0.00184. The van der Waals surface area contributed by atoms with Crippen LogP contribution in [0.1, 0.15) is 0 Å². The van der Waals surface area contributed by atoms with Crippen LogP contribution in [-0.2, 0) is 39.0 Å². The Morgan fingerprint density at radius 3 is 2.14 bits per heavy atom. The van der Waals surface area contributed by atoms with Gasteiger partial charge in [-0.25, -0.2) is 15.5 Å². The normalized spacial score (nSPS) is 12.0. The Kier molecular flexibility index (Phi) is 13.1. The lowest BCUT2D eigenvalue weighted by molar-refractivity contribution is -0.432. The highest BCUT2D eigenvalue weighted by atomic mass is 32.2. The first-order valence-electron chi connectivity index (χ1n) is 11.4. The Hall–Kier alpha value is -3.54. The minimum Gasteiger partial charge on any atom is -0.382 e. The Bertz CT molecular complexity index is 1670. The monoisotopic (exact) mass is 698 g/mol. The molecule has 0 radical (unpaired) electrons. The molecule has 0 aliphatic carbocycles. The summed E-state index contributed by atoms with van der Waals surface area (Å²) >= 11 is 1.29. The molecule has 0 amide bonds. The zero-order chi connectivity index (χ0) is 32.2. The molecule has 44 heavy (non-hydrogen) atoms. The minimum atomic E-state index is -4.69. The van der Waals surface area contributed by atoms with Gasteiger partial charge in [-0.3, -0.25) is 9.11 Å². The van der Waals surface area contributed by atoms with E-state index >= 15 is 0 Å². The third-order valence-electron chi connectivity index (χ3n) is 4.60. The van der Waals surface area contributed by atoms with E-state index in [-0.39, 0.29) is 64.6 Å². The molecule has 9 N–H and O–H groups in total. The highest BCUT2D eigenvalue weighted by molar-refractivity contribution is 7.94. The van der Waals surface area contributed by atoms with Crippen LogP contribution in [-0.4, -0.2) is 81.0 Å². The summed E-state index contributed by atoms with van der Waals surface area (Å²) < 4.78 is 72.6. The van der Waals surface area contributed by atoms with Crippen molar-refractivity contribution >= 4 is 85.2 Å². The van der Waals surface area contributed by atoms with E-state index in [0.717, 1.165) is 18.1 Å². The number of rotatable bonds is 18. The first kappa shape index (κ1) is 34.9. The molecule has 0 saturated heterocycles. The molecule has 240 valence electrons. The van der Waals surface area contributed by atoms with Gasteiger partial charge in [0, 0.05) is 35.8 Å². The largest absolute Gasteiger partial charge is 0.382 e. The van der Waals surface area contributed by atoms with E-state index in [0.29, 0.717) is 12.0 Å². The van der Waals surface area contributed by atoms with Gasteiger partial charge in [-0.1, -0.05) is 10.1 Å². The van der Waals surface area contributed by atoms with Gasteiger partial charge in [0.25, 0.3) is 20.2 Å². The lowest BCUT2D eigenvalue weighted by atomic mass is 10.3. The Morgan fingerprint density at radius 1 is 0.841 bits per heavy atom. The fourth-order valence-electron chi connectivity index (χ4n) is 2.89. The quantitative estimate of drug-likeness (QED) is 0.0236. The van der Waals surface area contributed by atoms with E-state index in [1.165, 1.54) is 24.3 Å². The van der Waals surface area contributed by atoms with Crippen molar-refractivity contribution in [3.8, 4) is 0 Å². The fraction of sp³-hybridized carbons (Fsp3) is 0.222. The van der Waals surface area contributed by atoms with Crippen LogP contribution in [0.15, 0.2) is 50.4 Å². The van der Waals surface area contributed by atoms with Gasteiger partial charge in [0.15, 0.2) is 5.82 Å². The number of azo groups is 1. The zero-order valence-electron chi connectivity index (χ0n) is 21.7. The van der Waals surface area contributed by atoms with Crippen molar-refractivity contribution in [3.63, 3.8) is 0 Å². The topological polar surface area (TPSA) is 325 Å². The van der Waals surface area contributed by atoms with E-state index < -0.39 is 30.9 Å². The molecule has 22 nitrogen and oxygen atoms in total. The molecule has 0 aliphatic rings. The van der Waals surface area contributed by atoms with Gasteiger partial charge in [-0.2, -0.15) is 31.8 Å². The van der Waals surface area contributed by atoms with E-state index in [9.17, 15) is 21.4 Å². The second-order valence-electron chi connectivity index (χ2n) is 7.67. The molecule has 2 heterocycles. The summed E-state index contributed by atoms with van der Waals surface area (Å²) in [4.78, 5) is 16.2. The summed E-state index contributed by atoms with van der Waals surface area (Å²) in [6.45, 7) is 0.00323. The number of nitrogens with two attached hydrogens (primary N) is 1. The molecule has 0 aliphatic heterocycles. The first-order chi connectivity index (χ1) is 20.9. The predicted octanol–water partition coefficient (Wildman–Crippen LogP) is 2.46. The predicted molar refractivity (Wildman–Crippen MR) is 153 cm³/mol. The smallest absolute Gasteiger partial charge is 0.296 e. The highest BCUT2D eigenvalue weighted by Crippen LogP contribution is 2.33. The Labute approximate surface area is 256 Å². The lowest BCUT2D eigenvalue weighted by Crippen LogP contribution is -2.18. The molecular formula is C18H22N10O12S4. The standard InChI is InChI=1S/C18H22N10O12S4/c19-15-11(27-28-12-9-10(42-40-38-30)1-3-13(12)44(34,35)36)2-4-14(22-15)23-18-25-16(20-5-7-41-39-37-29)24-17(26-18)21-6-8-43(31,32)33/h1-4,9,29-30H,5-8H2,(H,31,32,33)(H,34,35,36)(H5,19,20,21,22,23,24,25,26). The maximum atomic E-state index is 11.7. The van der Waals surface area contributed by atoms with Crippen LogP contribution < -0.4 is 21.7 Å². The lowest BCUT2D eigenvalue weighted by Gasteiger charge is -2.11. The second-order valence-corrected chi connectivity index (χ2v) is 12.2. The average molecular weight is 699 g/mol. The van der Waals surface area contributed by atoms with Gasteiger partial charge in [0.1, 0.15) is 22.1 Å². The van der Waals surface area contributed by atoms with Gasteiger partial charge < -0.3 is 21.7 Å². The molecule has 0 unspecified atom stereocenters. The third-order valence-corrected chi connectivity index (χ3v) is 7.33. The molecule has 3 aromatic rings. The van der Waals surface area contributed by atoms with Crippen molar-refractivity contribution in [1.29, 1.82) is 0 Å². The molecule has 2 aromatic heterocycles. The molecule has 0 atom stereocenters. The van der Waals surface area contributed by atoms with Gasteiger partial charge in [-0.15, -0.1) is 18.9 Å². The second kappa shape index (κ2) is 16.5. The molecule has 3 rings (SSSR count). The van der Waals surface area contributed by atoms with Gasteiger partial charge in [0.2, 0.25) is 17.8 Å². The van der Waals surface area contributed by atoms with Crippen molar-refractivity contribution in [3.05, 3.63) is 30.3 Å². The summed E-state index contributed by atoms with van der Waals surface area (Å²) in [7, 11) is -8.94. The maximum Gasteiger partial charge on any atom is 0.296 e. The summed E-state index contributed by atoms with van der Waals surface area (Å²) in [6.07, 6.45) is 0. The van der Waals surface area contributed by atoms with E-state index in [2.05, 4.69) is 64.9 Å². The summed E-state index contributed by atoms with van der Waals surface area (Å²) in [5.41, 5.74) is 5.69. The molecule has 0 spiro atoms. The van der Waals surface area contributed by atoms with Crippen LogP contribution in [0.5, 0.6) is 0 Å². The molecule has 0 saturated carbocycles. The summed E-state index contributed by atoms with van der Waals surface area (Å²) in [5.74, 6) is -0.489. The fourth-order valence-corrected chi connectivity index (χ4v) is 4.54. The summed E-state index contributed by atoms with van der Waals surface area (Å²) in [5, 5.41) is 39.5. The zero-order valence-corrected chi connectivity index (χ0v) is 24.9. The number of anilines is 5. The summed E-state index contributed by atoms with van der Waals surface area (Å²) in [6, 6.07) is 6.23. The van der Waals surface area contributed by atoms with Crippen molar-refractivity contribution in [2.75, 3.05) is 46.3 Å². The first-order valence-corrected chi connectivity index (χ1v) is 16.1. The van der Waals surface area contributed by atoms with Gasteiger partial charge >= 0.3 is 0 Å². The third kappa shape index (κ3) is 11.9. The average Bonchev–Trinajstić information content (AvgIpc) is 2.94. The van der Waals surface area contributed by atoms with Crippen molar-refractivity contribution < 1.29 is 55.2 Å². The van der Waals surface area contributed by atoms with Crippen LogP contribution in [0.3, 0.4) is 0 Å². The van der Waals surface area contributed by atoms with E-state index in [1.54, 1.807) is 0 Å². The number of nitrogens with zero attached hydrogens (tertiary/aromatic N) is 6. The molecule has 1 aromatic carbocycles. The van der Waals surface area contributed by atoms with E-state index in [4.69, 9.17) is 20.8 Å².